The van der Waals surface area contributed by atoms with E-state index in [1.165, 1.54) is 17.0 Å². The van der Waals surface area contributed by atoms with Gasteiger partial charge in [0.2, 0.25) is 0 Å². The molecule has 1 rings (SSSR count). The van der Waals surface area contributed by atoms with Crippen LogP contribution in [0.15, 0.2) is 18.9 Å². The predicted octanol–water partition coefficient (Wildman–Crippen LogP) is -1.00. The number of nitrogens with one attached hydrogen (secondary N) is 1. The third-order valence-corrected chi connectivity index (χ3v) is 2.14. The Hall–Kier alpha value is -2.22. The van der Waals surface area contributed by atoms with E-state index in [0.29, 0.717) is 13.1 Å². The molecule has 0 radical (unpaired) electrons. The summed E-state index contributed by atoms with van der Waals surface area (Å²) in [5.41, 5.74) is 5.38. The van der Waals surface area contributed by atoms with Crippen LogP contribution in [-0.2, 0) is 11.3 Å². The van der Waals surface area contributed by atoms with E-state index in [4.69, 9.17) is 10.8 Å². The molecule has 8 nitrogen and oxygen atoms in total. The van der Waals surface area contributed by atoms with E-state index in [9.17, 15) is 9.59 Å². The van der Waals surface area contributed by atoms with Crippen molar-refractivity contribution >= 4 is 11.9 Å². The molecule has 1 amide bonds. The first-order valence-corrected chi connectivity index (χ1v) is 5.33. The van der Waals surface area contributed by atoms with E-state index in [2.05, 4.69) is 22.2 Å². The summed E-state index contributed by atoms with van der Waals surface area (Å²) in [6.07, 6.45) is 2.97. The molecule has 1 heterocycles. The summed E-state index contributed by atoms with van der Waals surface area (Å²) in [7, 11) is 0. The number of nitrogens with two attached hydrogens (primary N) is 1. The van der Waals surface area contributed by atoms with Crippen molar-refractivity contribution in [3.63, 3.8) is 0 Å². The number of hydrogen-bond donors (Lipinski definition) is 3. The standard InChI is InChI=1S/C10H15N5O3/c1-2-3-7(10(17)18)12-9(16)8-6-15(5-4-11)14-13-8/h2,6-7H,1,3-5,11H2,(H,12,16)(H,17,18). The van der Waals surface area contributed by atoms with Crippen LogP contribution in [-0.4, -0.2) is 44.6 Å². The molecular weight excluding hydrogens is 238 g/mol. The van der Waals surface area contributed by atoms with Gasteiger partial charge in [0.05, 0.1) is 12.7 Å². The molecule has 0 spiro atoms. The Morgan fingerprint density at radius 3 is 2.94 bits per heavy atom. The van der Waals surface area contributed by atoms with E-state index in [1.54, 1.807) is 0 Å². The summed E-state index contributed by atoms with van der Waals surface area (Å²) in [5, 5.41) is 18.5. The Morgan fingerprint density at radius 2 is 2.39 bits per heavy atom. The Bertz CT molecular complexity index is 442. The molecule has 1 aromatic rings. The van der Waals surface area contributed by atoms with Gasteiger partial charge in [0.15, 0.2) is 5.69 Å². The molecule has 1 aromatic heterocycles. The molecule has 0 saturated heterocycles. The van der Waals surface area contributed by atoms with Crippen LogP contribution in [0, 0.1) is 0 Å². The summed E-state index contributed by atoms with van der Waals surface area (Å²) in [4.78, 5) is 22.5. The number of rotatable bonds is 7. The minimum atomic E-state index is -1.13. The third-order valence-electron chi connectivity index (χ3n) is 2.14. The topological polar surface area (TPSA) is 123 Å². The van der Waals surface area contributed by atoms with Gasteiger partial charge in [-0.25, -0.2) is 4.79 Å². The lowest BCUT2D eigenvalue weighted by molar-refractivity contribution is -0.139. The van der Waals surface area contributed by atoms with Crippen LogP contribution in [0.5, 0.6) is 0 Å². The quantitative estimate of drug-likeness (QED) is 0.535. The molecule has 0 aliphatic rings. The van der Waals surface area contributed by atoms with Crippen LogP contribution in [0.1, 0.15) is 16.9 Å². The lowest BCUT2D eigenvalue weighted by Gasteiger charge is -2.10. The summed E-state index contributed by atoms with van der Waals surface area (Å²) < 4.78 is 1.41. The Kier molecular flexibility index (Phi) is 5.00. The van der Waals surface area contributed by atoms with Gasteiger partial charge in [-0.1, -0.05) is 11.3 Å². The van der Waals surface area contributed by atoms with Gasteiger partial charge in [-0.15, -0.1) is 11.7 Å². The number of nitrogens with zero attached hydrogens (tertiary/aromatic N) is 3. The van der Waals surface area contributed by atoms with E-state index in [1.807, 2.05) is 0 Å². The molecule has 4 N–H and O–H groups in total. The van der Waals surface area contributed by atoms with Gasteiger partial charge in [0, 0.05) is 6.54 Å². The van der Waals surface area contributed by atoms with Crippen molar-refractivity contribution in [3.8, 4) is 0 Å². The predicted molar refractivity (Wildman–Crippen MR) is 62.8 cm³/mol. The van der Waals surface area contributed by atoms with Gasteiger partial charge in [-0.05, 0) is 6.42 Å². The summed E-state index contributed by atoms with van der Waals surface area (Å²) in [6, 6.07) is -1.02. The molecule has 0 aliphatic carbocycles. The average Bonchev–Trinajstić information content (AvgIpc) is 2.77. The molecule has 0 aliphatic heterocycles. The number of carboxylic acids is 1. The fourth-order valence-corrected chi connectivity index (χ4v) is 1.26. The highest BCUT2D eigenvalue weighted by Gasteiger charge is 2.20. The molecule has 1 unspecified atom stereocenters. The van der Waals surface area contributed by atoms with Crippen LogP contribution < -0.4 is 11.1 Å². The SMILES string of the molecule is C=CCC(NC(=O)c1cn(CCN)nn1)C(=O)O. The molecule has 0 fully saturated rings. The van der Waals surface area contributed by atoms with E-state index in [0.717, 1.165) is 0 Å². The van der Waals surface area contributed by atoms with Gasteiger partial charge in [-0.2, -0.15) is 0 Å². The van der Waals surface area contributed by atoms with Crippen molar-refractivity contribution in [2.24, 2.45) is 5.73 Å². The van der Waals surface area contributed by atoms with Crippen LogP contribution >= 0.6 is 0 Å². The molecule has 8 heteroatoms. The summed E-state index contributed by atoms with van der Waals surface area (Å²) in [5.74, 6) is -1.72. The maximum atomic E-state index is 11.7. The minimum absolute atomic E-state index is 0.0544. The second kappa shape index (κ2) is 6.50. The maximum absolute atomic E-state index is 11.7. The Balaban J connectivity index is 2.67. The van der Waals surface area contributed by atoms with Crippen LogP contribution in [0.4, 0.5) is 0 Å². The minimum Gasteiger partial charge on any atom is -0.480 e. The van der Waals surface area contributed by atoms with Gasteiger partial charge < -0.3 is 16.2 Å². The lowest BCUT2D eigenvalue weighted by Crippen LogP contribution is -2.40. The second-order valence-electron chi connectivity index (χ2n) is 3.54. The molecular formula is C10H15N5O3. The molecule has 98 valence electrons. The van der Waals surface area contributed by atoms with Gasteiger partial charge in [-0.3, -0.25) is 9.48 Å². The van der Waals surface area contributed by atoms with Crippen LogP contribution in [0.3, 0.4) is 0 Å². The smallest absolute Gasteiger partial charge is 0.326 e. The Labute approximate surface area is 103 Å². The summed E-state index contributed by atoms with van der Waals surface area (Å²) >= 11 is 0. The highest BCUT2D eigenvalue weighted by molar-refractivity contribution is 5.94. The monoisotopic (exact) mass is 253 g/mol. The third kappa shape index (κ3) is 3.67. The van der Waals surface area contributed by atoms with Crippen LogP contribution in [0.25, 0.3) is 0 Å². The summed E-state index contributed by atoms with van der Waals surface area (Å²) in [6.45, 7) is 4.24. The van der Waals surface area contributed by atoms with Crippen LogP contribution in [0.2, 0.25) is 0 Å². The maximum Gasteiger partial charge on any atom is 0.326 e. The number of carbonyl (C=O) groups excluding carboxylic acids is 1. The van der Waals surface area contributed by atoms with Crippen molar-refractivity contribution in [3.05, 3.63) is 24.5 Å². The average molecular weight is 253 g/mol. The lowest BCUT2D eigenvalue weighted by atomic mass is 10.2. The number of carboxylic acid groups (broad SMARTS) is 1. The van der Waals surface area contributed by atoms with E-state index in [-0.39, 0.29) is 12.1 Å². The molecule has 0 saturated carbocycles. The van der Waals surface area contributed by atoms with Gasteiger partial charge in [0.1, 0.15) is 6.04 Å². The molecule has 18 heavy (non-hydrogen) atoms. The molecule has 1 atom stereocenters. The van der Waals surface area contributed by atoms with Crippen molar-refractivity contribution in [1.82, 2.24) is 20.3 Å². The van der Waals surface area contributed by atoms with Crippen molar-refractivity contribution < 1.29 is 14.7 Å². The zero-order chi connectivity index (χ0) is 13.5. The number of aromatic nitrogens is 3. The normalized spacial score (nSPS) is 11.8. The first-order chi connectivity index (χ1) is 8.58. The van der Waals surface area contributed by atoms with Gasteiger partial charge in [0.25, 0.3) is 5.91 Å². The van der Waals surface area contributed by atoms with E-state index >= 15 is 0 Å². The molecule has 0 aromatic carbocycles. The number of amides is 1. The van der Waals surface area contributed by atoms with Crippen molar-refractivity contribution in [1.29, 1.82) is 0 Å². The number of hydrogen-bond acceptors (Lipinski definition) is 5. The zero-order valence-electron chi connectivity index (χ0n) is 9.74. The highest BCUT2D eigenvalue weighted by Crippen LogP contribution is 1.98. The van der Waals surface area contributed by atoms with Gasteiger partial charge >= 0.3 is 5.97 Å². The Morgan fingerprint density at radius 1 is 1.67 bits per heavy atom. The zero-order valence-corrected chi connectivity index (χ0v) is 9.74. The first kappa shape index (κ1) is 13.8. The fraction of sp³-hybridized carbons (Fsp3) is 0.400. The van der Waals surface area contributed by atoms with Crippen molar-refractivity contribution in [2.45, 2.75) is 19.0 Å². The fourth-order valence-electron chi connectivity index (χ4n) is 1.26. The largest absolute Gasteiger partial charge is 0.480 e. The number of carbonyl (C=O) groups is 2. The second-order valence-corrected chi connectivity index (χ2v) is 3.54. The highest BCUT2D eigenvalue weighted by atomic mass is 16.4. The van der Waals surface area contributed by atoms with E-state index < -0.39 is 17.9 Å². The molecule has 0 bridgehead atoms. The first-order valence-electron chi connectivity index (χ1n) is 5.33. The number of aliphatic carboxylic acids is 1. The van der Waals surface area contributed by atoms with Crippen molar-refractivity contribution in [2.75, 3.05) is 6.54 Å².